The van der Waals surface area contributed by atoms with Crippen LogP contribution in [0.15, 0.2) is 18.5 Å². The average molecular weight is 275 g/mol. The Hall–Kier alpha value is -1.49. The first-order chi connectivity index (χ1) is 9.75. The fourth-order valence-electron chi connectivity index (χ4n) is 3.80. The Bertz CT molecular complexity index is 465. The molecule has 1 N–H and O–H groups in total. The molecule has 1 aromatic heterocycles. The first kappa shape index (κ1) is 13.5. The fraction of sp³-hybridized carbons (Fsp3) is 0.667. The molecule has 2 heterocycles. The normalized spacial score (nSPS) is 30.7. The summed E-state index contributed by atoms with van der Waals surface area (Å²) >= 11 is 0. The third-order valence-electron chi connectivity index (χ3n) is 4.73. The molecule has 5 heteroatoms. The summed E-state index contributed by atoms with van der Waals surface area (Å²) in [4.78, 5) is 22.2. The van der Waals surface area contributed by atoms with Crippen LogP contribution in [-0.4, -0.2) is 38.0 Å². The molecule has 3 rings (SSSR count). The molecule has 3 unspecified atom stereocenters. The third kappa shape index (κ3) is 2.68. The van der Waals surface area contributed by atoms with Crippen molar-refractivity contribution in [3.8, 4) is 0 Å². The number of piperidine rings is 1. The van der Waals surface area contributed by atoms with Gasteiger partial charge in [-0.25, -0.2) is 9.97 Å². The van der Waals surface area contributed by atoms with Gasteiger partial charge in [-0.3, -0.25) is 9.69 Å². The zero-order chi connectivity index (χ0) is 13.9. The predicted molar refractivity (Wildman–Crippen MR) is 74.0 cm³/mol. The van der Waals surface area contributed by atoms with E-state index in [0.29, 0.717) is 18.5 Å². The van der Waals surface area contributed by atoms with Crippen LogP contribution in [0, 0.1) is 5.92 Å². The summed E-state index contributed by atoms with van der Waals surface area (Å²) in [7, 11) is 0. The van der Waals surface area contributed by atoms with Gasteiger partial charge in [-0.05, 0) is 37.7 Å². The van der Waals surface area contributed by atoms with Gasteiger partial charge in [0, 0.05) is 18.4 Å². The van der Waals surface area contributed by atoms with E-state index in [1.807, 2.05) is 0 Å². The predicted octanol–water partition coefficient (Wildman–Crippen LogP) is 2.08. The highest BCUT2D eigenvalue weighted by Gasteiger charge is 2.41. The average Bonchev–Trinajstić information content (AvgIpc) is 2.48. The molecule has 108 valence electrons. The quantitative estimate of drug-likeness (QED) is 0.915. The minimum Gasteiger partial charge on any atom is -0.480 e. The number of likely N-dealkylation sites (tertiary alicyclic amines) is 1. The van der Waals surface area contributed by atoms with Gasteiger partial charge in [-0.15, -0.1) is 0 Å². The molecule has 1 saturated heterocycles. The Labute approximate surface area is 119 Å². The zero-order valence-corrected chi connectivity index (χ0v) is 11.6. The molecular weight excluding hydrogens is 254 g/mol. The Morgan fingerprint density at radius 2 is 1.95 bits per heavy atom. The summed E-state index contributed by atoms with van der Waals surface area (Å²) in [6.07, 6.45) is 10.1. The van der Waals surface area contributed by atoms with E-state index in [1.165, 1.54) is 19.3 Å². The summed E-state index contributed by atoms with van der Waals surface area (Å²) in [5.41, 5.74) is 0. The standard InChI is InChI=1S/C15H21N3O2/c19-15(20)13-7-6-11-4-1-2-5-12(11)18(13)10-14-16-8-3-9-17-14/h3,8-9,11-13H,1-2,4-7,10H2,(H,19,20). The summed E-state index contributed by atoms with van der Waals surface area (Å²) < 4.78 is 0. The van der Waals surface area contributed by atoms with Gasteiger partial charge in [-0.2, -0.15) is 0 Å². The number of carbonyl (C=O) groups is 1. The van der Waals surface area contributed by atoms with Crippen LogP contribution in [0.1, 0.15) is 44.3 Å². The number of hydrogen-bond acceptors (Lipinski definition) is 4. The van der Waals surface area contributed by atoms with Crippen molar-refractivity contribution < 1.29 is 9.90 Å². The van der Waals surface area contributed by atoms with Crippen molar-refractivity contribution in [3.05, 3.63) is 24.3 Å². The number of aliphatic carboxylic acids is 1. The zero-order valence-electron chi connectivity index (χ0n) is 11.6. The van der Waals surface area contributed by atoms with E-state index >= 15 is 0 Å². The molecular formula is C15H21N3O2. The Morgan fingerprint density at radius 3 is 2.70 bits per heavy atom. The molecule has 2 aliphatic rings. The van der Waals surface area contributed by atoms with Crippen molar-refractivity contribution in [2.45, 2.75) is 57.2 Å². The molecule has 5 nitrogen and oxygen atoms in total. The molecule has 0 aromatic carbocycles. The molecule has 1 aliphatic heterocycles. The van der Waals surface area contributed by atoms with Crippen LogP contribution in [-0.2, 0) is 11.3 Å². The molecule has 0 amide bonds. The minimum absolute atomic E-state index is 0.377. The van der Waals surface area contributed by atoms with Gasteiger partial charge in [-0.1, -0.05) is 12.8 Å². The van der Waals surface area contributed by atoms with E-state index < -0.39 is 5.97 Å². The van der Waals surface area contributed by atoms with Gasteiger partial charge in [0.05, 0.1) is 6.54 Å². The second-order valence-corrected chi connectivity index (χ2v) is 5.88. The second kappa shape index (κ2) is 5.87. The number of carboxylic acid groups (broad SMARTS) is 1. The van der Waals surface area contributed by atoms with Gasteiger partial charge in [0.25, 0.3) is 0 Å². The summed E-state index contributed by atoms with van der Waals surface area (Å²) in [5.74, 6) is 0.679. The largest absolute Gasteiger partial charge is 0.480 e. The maximum atomic E-state index is 11.5. The van der Waals surface area contributed by atoms with Crippen molar-refractivity contribution in [3.63, 3.8) is 0 Å². The van der Waals surface area contributed by atoms with Gasteiger partial charge in [0.1, 0.15) is 11.9 Å². The van der Waals surface area contributed by atoms with Crippen LogP contribution in [0.4, 0.5) is 0 Å². The van der Waals surface area contributed by atoms with Crippen LogP contribution in [0.2, 0.25) is 0 Å². The Kier molecular flexibility index (Phi) is 3.96. The Morgan fingerprint density at radius 1 is 1.20 bits per heavy atom. The van der Waals surface area contributed by atoms with E-state index in [1.54, 1.807) is 18.5 Å². The first-order valence-corrected chi connectivity index (χ1v) is 7.50. The van der Waals surface area contributed by atoms with Crippen molar-refractivity contribution in [2.75, 3.05) is 0 Å². The molecule has 0 bridgehead atoms. The molecule has 20 heavy (non-hydrogen) atoms. The Balaban J connectivity index is 1.82. The highest BCUT2D eigenvalue weighted by Crippen LogP contribution is 2.38. The molecule has 2 fully saturated rings. The van der Waals surface area contributed by atoms with E-state index in [9.17, 15) is 9.90 Å². The highest BCUT2D eigenvalue weighted by atomic mass is 16.4. The van der Waals surface area contributed by atoms with Crippen LogP contribution < -0.4 is 0 Å². The number of rotatable bonds is 3. The summed E-state index contributed by atoms with van der Waals surface area (Å²) in [6, 6.07) is 1.80. The SMILES string of the molecule is O=C(O)C1CCC2CCCCC2N1Cc1ncccn1. The number of nitrogens with zero attached hydrogens (tertiary/aromatic N) is 3. The molecule has 1 aromatic rings. The number of fused-ring (bicyclic) bond motifs is 1. The van der Waals surface area contributed by atoms with E-state index in [-0.39, 0.29) is 6.04 Å². The lowest BCUT2D eigenvalue weighted by Gasteiger charge is -2.46. The molecule has 3 atom stereocenters. The lowest BCUT2D eigenvalue weighted by atomic mass is 9.76. The number of carboxylic acids is 1. The first-order valence-electron chi connectivity index (χ1n) is 7.50. The van der Waals surface area contributed by atoms with Crippen LogP contribution in [0.3, 0.4) is 0 Å². The van der Waals surface area contributed by atoms with E-state index in [0.717, 1.165) is 25.1 Å². The number of hydrogen-bond donors (Lipinski definition) is 1. The van der Waals surface area contributed by atoms with Gasteiger partial charge >= 0.3 is 5.97 Å². The van der Waals surface area contributed by atoms with Crippen molar-refractivity contribution in [1.29, 1.82) is 0 Å². The summed E-state index contributed by atoms with van der Waals surface area (Å²) in [5, 5.41) is 9.49. The maximum Gasteiger partial charge on any atom is 0.320 e. The van der Waals surface area contributed by atoms with Crippen molar-refractivity contribution >= 4 is 5.97 Å². The number of aromatic nitrogens is 2. The summed E-state index contributed by atoms with van der Waals surface area (Å²) in [6.45, 7) is 0.555. The van der Waals surface area contributed by atoms with Gasteiger partial charge in [0.2, 0.25) is 0 Å². The van der Waals surface area contributed by atoms with Gasteiger partial charge in [0.15, 0.2) is 0 Å². The van der Waals surface area contributed by atoms with E-state index in [2.05, 4.69) is 14.9 Å². The third-order valence-corrected chi connectivity index (χ3v) is 4.73. The minimum atomic E-state index is -0.704. The second-order valence-electron chi connectivity index (χ2n) is 5.88. The molecule has 1 saturated carbocycles. The monoisotopic (exact) mass is 275 g/mol. The molecule has 0 spiro atoms. The topological polar surface area (TPSA) is 66.3 Å². The van der Waals surface area contributed by atoms with Crippen molar-refractivity contribution in [1.82, 2.24) is 14.9 Å². The van der Waals surface area contributed by atoms with Crippen LogP contribution >= 0.6 is 0 Å². The van der Waals surface area contributed by atoms with Crippen LogP contribution in [0.5, 0.6) is 0 Å². The van der Waals surface area contributed by atoms with Crippen molar-refractivity contribution in [2.24, 2.45) is 5.92 Å². The smallest absolute Gasteiger partial charge is 0.320 e. The lowest BCUT2D eigenvalue weighted by Crippen LogP contribution is -2.54. The lowest BCUT2D eigenvalue weighted by molar-refractivity contribution is -0.148. The fourth-order valence-corrected chi connectivity index (χ4v) is 3.80. The van der Waals surface area contributed by atoms with E-state index in [4.69, 9.17) is 0 Å². The molecule has 1 aliphatic carbocycles. The maximum absolute atomic E-state index is 11.5. The molecule has 0 radical (unpaired) electrons. The highest BCUT2D eigenvalue weighted by molar-refractivity contribution is 5.73. The van der Waals surface area contributed by atoms with Gasteiger partial charge < -0.3 is 5.11 Å². The van der Waals surface area contributed by atoms with Crippen LogP contribution in [0.25, 0.3) is 0 Å².